The zero-order valence-corrected chi connectivity index (χ0v) is 16.4. The number of ether oxygens (including phenoxy) is 1. The van der Waals surface area contributed by atoms with Gasteiger partial charge in [-0.15, -0.1) is 0 Å². The number of amides is 1. The number of pyridine rings is 1. The van der Waals surface area contributed by atoms with Crippen LogP contribution < -0.4 is 10.2 Å². The van der Waals surface area contributed by atoms with Gasteiger partial charge in [-0.3, -0.25) is 4.79 Å². The van der Waals surface area contributed by atoms with E-state index in [1.54, 1.807) is 19.2 Å². The molecule has 148 valence electrons. The van der Waals surface area contributed by atoms with Crippen LogP contribution in [-0.4, -0.2) is 18.0 Å². The van der Waals surface area contributed by atoms with Crippen molar-refractivity contribution in [2.75, 3.05) is 12.0 Å². The molecule has 0 fully saturated rings. The lowest BCUT2D eigenvalue weighted by Crippen LogP contribution is -2.47. The van der Waals surface area contributed by atoms with E-state index in [1.165, 1.54) is 12.1 Å². The van der Waals surface area contributed by atoms with Crippen molar-refractivity contribution >= 4 is 11.7 Å². The van der Waals surface area contributed by atoms with Gasteiger partial charge in [0, 0.05) is 19.3 Å². The Balaban J connectivity index is 1.85. The first-order chi connectivity index (χ1) is 14.1. The van der Waals surface area contributed by atoms with E-state index in [1.807, 2.05) is 48.2 Å². The van der Waals surface area contributed by atoms with E-state index in [-0.39, 0.29) is 11.7 Å². The first-order valence-corrected chi connectivity index (χ1v) is 9.43. The van der Waals surface area contributed by atoms with Crippen molar-refractivity contribution in [2.24, 2.45) is 0 Å². The number of aromatic nitrogens is 1. The Hall–Kier alpha value is -3.25. The van der Waals surface area contributed by atoms with Gasteiger partial charge in [-0.1, -0.05) is 42.5 Å². The molecule has 1 aliphatic rings. The Kier molecular flexibility index (Phi) is 5.27. The van der Waals surface area contributed by atoms with Gasteiger partial charge < -0.3 is 15.0 Å². The van der Waals surface area contributed by atoms with Crippen molar-refractivity contribution in [1.82, 2.24) is 10.3 Å². The number of aryl methyl sites for hydroxylation is 1. The second kappa shape index (κ2) is 8.01. The quantitative estimate of drug-likeness (QED) is 0.711. The molecule has 2 aromatic carbocycles. The van der Waals surface area contributed by atoms with Gasteiger partial charge in [0.2, 0.25) is 0 Å². The number of halogens is 1. The van der Waals surface area contributed by atoms with Gasteiger partial charge in [0.25, 0.3) is 5.91 Å². The molecule has 1 atom stereocenters. The number of anilines is 1. The van der Waals surface area contributed by atoms with Gasteiger partial charge in [0.15, 0.2) is 0 Å². The van der Waals surface area contributed by atoms with Crippen LogP contribution in [0, 0.1) is 12.7 Å². The smallest absolute Gasteiger partial charge is 0.257 e. The van der Waals surface area contributed by atoms with E-state index in [2.05, 4.69) is 5.32 Å². The molecule has 2 heterocycles. The summed E-state index contributed by atoms with van der Waals surface area (Å²) in [5, 5.41) is 3.07. The normalized spacial score (nSPS) is 15.8. The van der Waals surface area contributed by atoms with Gasteiger partial charge in [0.1, 0.15) is 17.8 Å². The zero-order chi connectivity index (χ0) is 20.4. The van der Waals surface area contributed by atoms with Gasteiger partial charge in [-0.2, -0.15) is 0 Å². The summed E-state index contributed by atoms with van der Waals surface area (Å²) >= 11 is 0. The molecule has 1 N–H and O–H groups in total. The topological polar surface area (TPSA) is 54.5 Å². The minimum Gasteiger partial charge on any atom is -0.380 e. The summed E-state index contributed by atoms with van der Waals surface area (Å²) in [6.45, 7) is 2.76. The van der Waals surface area contributed by atoms with E-state index in [0.717, 1.165) is 22.4 Å². The number of nitrogens with zero attached hydrogens (tertiary/aromatic N) is 2. The molecule has 4 rings (SSSR count). The molecular formula is C23H22FN3O2. The third kappa shape index (κ3) is 3.84. The van der Waals surface area contributed by atoms with Crippen LogP contribution in [0.1, 0.15) is 38.9 Å². The zero-order valence-electron chi connectivity index (χ0n) is 16.4. The van der Waals surface area contributed by atoms with Crippen LogP contribution in [0.4, 0.5) is 10.2 Å². The molecule has 1 amide bonds. The lowest BCUT2D eigenvalue weighted by molar-refractivity contribution is 0.0919. The molecule has 5 nitrogen and oxygen atoms in total. The van der Waals surface area contributed by atoms with E-state index in [0.29, 0.717) is 24.5 Å². The maximum atomic E-state index is 13.5. The summed E-state index contributed by atoms with van der Waals surface area (Å²) in [4.78, 5) is 19.8. The lowest BCUT2D eigenvalue weighted by Gasteiger charge is -2.39. The number of carbonyl (C=O) groups excluding carboxylic acids is 1. The van der Waals surface area contributed by atoms with Crippen LogP contribution in [0.25, 0.3) is 0 Å². The molecule has 0 unspecified atom stereocenters. The molecule has 1 aromatic heterocycles. The van der Waals surface area contributed by atoms with Crippen molar-refractivity contribution in [3.05, 3.63) is 94.4 Å². The highest BCUT2D eigenvalue weighted by molar-refractivity contribution is 6.02. The Morgan fingerprint density at radius 3 is 2.55 bits per heavy atom. The summed E-state index contributed by atoms with van der Waals surface area (Å²) in [5.41, 5.74) is 3.99. The highest BCUT2D eigenvalue weighted by atomic mass is 19.1. The maximum Gasteiger partial charge on any atom is 0.257 e. The van der Waals surface area contributed by atoms with Crippen molar-refractivity contribution in [2.45, 2.75) is 26.2 Å². The van der Waals surface area contributed by atoms with Crippen LogP contribution in [0.5, 0.6) is 0 Å². The van der Waals surface area contributed by atoms with E-state index >= 15 is 0 Å². The average molecular weight is 391 g/mol. The Bertz CT molecular complexity index is 1020. The van der Waals surface area contributed by atoms with E-state index < -0.39 is 6.17 Å². The summed E-state index contributed by atoms with van der Waals surface area (Å²) in [7, 11) is 1.60. The van der Waals surface area contributed by atoms with Gasteiger partial charge >= 0.3 is 0 Å². The third-order valence-electron chi connectivity index (χ3n) is 4.97. The van der Waals surface area contributed by atoms with Crippen LogP contribution in [0.15, 0.2) is 60.7 Å². The summed E-state index contributed by atoms with van der Waals surface area (Å²) < 4.78 is 18.8. The number of carbonyl (C=O) groups is 1. The number of rotatable bonds is 5. The van der Waals surface area contributed by atoms with Crippen LogP contribution in [0.2, 0.25) is 0 Å². The van der Waals surface area contributed by atoms with E-state index in [9.17, 15) is 9.18 Å². The van der Waals surface area contributed by atoms with E-state index in [4.69, 9.17) is 9.72 Å². The molecule has 29 heavy (non-hydrogen) atoms. The first kappa shape index (κ1) is 19.1. The van der Waals surface area contributed by atoms with Crippen LogP contribution in [0.3, 0.4) is 0 Å². The molecule has 0 aliphatic carbocycles. The van der Waals surface area contributed by atoms with Crippen LogP contribution in [-0.2, 0) is 17.9 Å². The molecular weight excluding hydrogens is 369 g/mol. The second-order valence-corrected chi connectivity index (χ2v) is 7.10. The minimum absolute atomic E-state index is 0.210. The monoisotopic (exact) mass is 391 g/mol. The molecule has 0 bridgehead atoms. The third-order valence-corrected chi connectivity index (χ3v) is 4.97. The molecule has 6 heteroatoms. The predicted octanol–water partition coefficient (Wildman–Crippen LogP) is 4.12. The SMILES string of the molecule is COCc1cc(C)nc2c1C(=O)N[C@H](c1ccc(F)cc1)N2Cc1ccccc1. The number of nitrogens with one attached hydrogen (secondary N) is 1. The van der Waals surface area contributed by atoms with Gasteiger partial charge in [-0.05, 0) is 41.8 Å². The lowest BCUT2D eigenvalue weighted by atomic mass is 10.0. The molecule has 0 saturated heterocycles. The highest BCUT2D eigenvalue weighted by Gasteiger charge is 2.35. The number of hydrogen-bond donors (Lipinski definition) is 1. The molecule has 3 aromatic rings. The molecule has 0 radical (unpaired) electrons. The second-order valence-electron chi connectivity index (χ2n) is 7.10. The number of benzene rings is 2. The minimum atomic E-state index is -0.458. The van der Waals surface area contributed by atoms with Crippen LogP contribution >= 0.6 is 0 Å². The van der Waals surface area contributed by atoms with Crippen molar-refractivity contribution in [1.29, 1.82) is 0 Å². The Labute approximate surface area is 169 Å². The fourth-order valence-electron chi connectivity index (χ4n) is 3.70. The largest absolute Gasteiger partial charge is 0.380 e. The molecule has 0 saturated carbocycles. The van der Waals surface area contributed by atoms with Crippen molar-refractivity contribution in [3.63, 3.8) is 0 Å². The Morgan fingerprint density at radius 1 is 1.14 bits per heavy atom. The molecule has 0 spiro atoms. The maximum absolute atomic E-state index is 13.5. The Morgan fingerprint density at radius 2 is 1.86 bits per heavy atom. The van der Waals surface area contributed by atoms with Gasteiger partial charge in [-0.25, -0.2) is 9.37 Å². The number of fused-ring (bicyclic) bond motifs is 1. The first-order valence-electron chi connectivity index (χ1n) is 9.43. The number of methoxy groups -OCH3 is 1. The van der Waals surface area contributed by atoms with Crippen molar-refractivity contribution in [3.8, 4) is 0 Å². The standard InChI is InChI=1S/C23H22FN3O2/c1-15-12-18(14-29-2)20-22(25-15)27(13-16-6-4-3-5-7-16)21(26-23(20)28)17-8-10-19(24)11-9-17/h3-12,21H,13-14H2,1-2H3,(H,26,28)/t21-/m0/s1. The fraction of sp³-hybridized carbons (Fsp3) is 0.217. The van der Waals surface area contributed by atoms with Gasteiger partial charge in [0.05, 0.1) is 12.2 Å². The highest BCUT2D eigenvalue weighted by Crippen LogP contribution is 2.35. The molecule has 1 aliphatic heterocycles. The fourth-order valence-corrected chi connectivity index (χ4v) is 3.70. The number of hydrogen-bond acceptors (Lipinski definition) is 4. The average Bonchev–Trinajstić information content (AvgIpc) is 2.71. The van der Waals surface area contributed by atoms with Crippen molar-refractivity contribution < 1.29 is 13.9 Å². The summed E-state index contributed by atoms with van der Waals surface area (Å²) in [6.07, 6.45) is -0.458. The summed E-state index contributed by atoms with van der Waals surface area (Å²) in [5.74, 6) is 0.0828. The predicted molar refractivity (Wildman–Crippen MR) is 109 cm³/mol. The summed E-state index contributed by atoms with van der Waals surface area (Å²) in [6, 6.07) is 18.0.